The summed E-state index contributed by atoms with van der Waals surface area (Å²) in [4.78, 5) is 23.0. The van der Waals surface area contributed by atoms with Crippen LogP contribution in [0.3, 0.4) is 0 Å². The molecule has 3 atom stereocenters. The van der Waals surface area contributed by atoms with Gasteiger partial charge in [-0.25, -0.2) is 0 Å². The van der Waals surface area contributed by atoms with Crippen LogP contribution < -0.4 is 16.4 Å². The van der Waals surface area contributed by atoms with Crippen LogP contribution in [0, 0.1) is 5.92 Å². The summed E-state index contributed by atoms with van der Waals surface area (Å²) in [6, 6.07) is -0.602. The Bertz CT molecular complexity index is 334. The highest BCUT2D eigenvalue weighted by atomic mass is 32.2. The van der Waals surface area contributed by atoms with E-state index in [9.17, 15) is 13.8 Å². The Morgan fingerprint density at radius 3 is 2.26 bits per heavy atom. The molecule has 0 spiro atoms. The minimum atomic E-state index is -0.885. The Labute approximate surface area is 117 Å². The summed E-state index contributed by atoms with van der Waals surface area (Å²) >= 11 is 0. The Morgan fingerprint density at radius 2 is 1.79 bits per heavy atom. The molecule has 0 bridgehead atoms. The van der Waals surface area contributed by atoms with Crippen molar-refractivity contribution >= 4 is 22.6 Å². The van der Waals surface area contributed by atoms with E-state index >= 15 is 0 Å². The molecule has 2 unspecified atom stereocenters. The third-order valence-electron chi connectivity index (χ3n) is 2.88. The number of nitrogens with two attached hydrogens (primary N) is 1. The number of nitrogens with one attached hydrogen (secondary N) is 2. The Balaban J connectivity index is 3.82. The number of carbonyl (C=O) groups is 2. The quantitative estimate of drug-likeness (QED) is 0.553. The fourth-order valence-electron chi connectivity index (χ4n) is 1.23. The van der Waals surface area contributed by atoms with Crippen LogP contribution in [0.5, 0.6) is 0 Å². The molecule has 0 aliphatic carbocycles. The molecule has 0 saturated carbocycles. The maximum absolute atomic E-state index is 11.5. The van der Waals surface area contributed by atoms with Gasteiger partial charge in [-0.3, -0.25) is 13.8 Å². The lowest BCUT2D eigenvalue weighted by atomic mass is 10.1. The van der Waals surface area contributed by atoms with Crippen molar-refractivity contribution in [3.63, 3.8) is 0 Å². The summed E-state index contributed by atoms with van der Waals surface area (Å²) in [6.07, 6.45) is 2.29. The zero-order valence-electron chi connectivity index (χ0n) is 12.1. The number of hydrogen-bond donors (Lipinski definition) is 3. The highest BCUT2D eigenvalue weighted by molar-refractivity contribution is 7.84. The van der Waals surface area contributed by atoms with Crippen molar-refractivity contribution in [3.8, 4) is 0 Å². The van der Waals surface area contributed by atoms with Crippen molar-refractivity contribution in [2.45, 2.75) is 38.5 Å². The van der Waals surface area contributed by atoms with Crippen molar-refractivity contribution in [1.82, 2.24) is 10.6 Å². The van der Waals surface area contributed by atoms with Crippen LogP contribution in [0.4, 0.5) is 0 Å². The van der Waals surface area contributed by atoms with Gasteiger partial charge in [0.1, 0.15) is 0 Å². The molecule has 4 N–H and O–H groups in total. The Kier molecular flexibility index (Phi) is 8.58. The molecule has 0 aromatic carbocycles. The fourth-order valence-corrected chi connectivity index (χ4v) is 1.68. The zero-order valence-corrected chi connectivity index (χ0v) is 12.9. The second kappa shape index (κ2) is 9.03. The molecule has 7 heteroatoms. The van der Waals surface area contributed by atoms with Crippen LogP contribution in [0.15, 0.2) is 0 Å². The van der Waals surface area contributed by atoms with E-state index in [0.29, 0.717) is 13.0 Å². The molecule has 0 aromatic heterocycles. The van der Waals surface area contributed by atoms with Gasteiger partial charge in [-0.2, -0.15) is 0 Å². The normalized spacial score (nSPS) is 15.7. The van der Waals surface area contributed by atoms with Crippen LogP contribution in [0.1, 0.15) is 27.2 Å². The summed E-state index contributed by atoms with van der Waals surface area (Å²) in [5.41, 5.74) is 5.64. The van der Waals surface area contributed by atoms with Crippen molar-refractivity contribution in [3.05, 3.63) is 0 Å². The molecule has 2 amide bonds. The molecular weight excluding hydrogens is 266 g/mol. The molecule has 0 heterocycles. The number of carbonyl (C=O) groups excluding carboxylic acids is 2. The van der Waals surface area contributed by atoms with Gasteiger partial charge in [0.05, 0.1) is 12.6 Å². The predicted molar refractivity (Wildman–Crippen MR) is 77.0 cm³/mol. The molecule has 0 rings (SSSR count). The van der Waals surface area contributed by atoms with Crippen molar-refractivity contribution in [2.75, 3.05) is 19.3 Å². The average Bonchev–Trinajstić information content (AvgIpc) is 2.34. The molecule has 0 radical (unpaired) electrons. The van der Waals surface area contributed by atoms with Crippen LogP contribution in [-0.4, -0.2) is 46.7 Å². The van der Waals surface area contributed by atoms with Crippen LogP contribution in [0.25, 0.3) is 0 Å². The van der Waals surface area contributed by atoms with Crippen LogP contribution in [0.2, 0.25) is 0 Å². The molecule has 0 aliphatic heterocycles. The number of rotatable bonds is 8. The number of amides is 2. The van der Waals surface area contributed by atoms with E-state index in [4.69, 9.17) is 5.73 Å². The Morgan fingerprint density at radius 1 is 1.21 bits per heavy atom. The van der Waals surface area contributed by atoms with Gasteiger partial charge in [0.25, 0.3) is 0 Å². The molecule has 0 aliphatic rings. The summed E-state index contributed by atoms with van der Waals surface area (Å²) in [7, 11) is -0.885. The molecular formula is C12H25N3O3S. The standard InChI is InChI=1S/C12H25N3O3S/c1-8(2)11(13)12(17)15-7-10(16)14-6-5-9(3)19(4)18/h8-9,11H,5-7,13H2,1-4H3,(H,14,16)(H,15,17)/t9?,11-,19?/m0/s1. The first-order valence-electron chi connectivity index (χ1n) is 6.38. The van der Waals surface area contributed by atoms with Gasteiger partial charge in [-0.05, 0) is 12.3 Å². The lowest BCUT2D eigenvalue weighted by molar-refractivity contribution is -0.127. The van der Waals surface area contributed by atoms with Gasteiger partial charge in [-0.15, -0.1) is 0 Å². The lowest BCUT2D eigenvalue weighted by Crippen LogP contribution is -2.47. The maximum Gasteiger partial charge on any atom is 0.239 e. The minimum Gasteiger partial charge on any atom is -0.355 e. The first-order chi connectivity index (χ1) is 8.75. The SMILES string of the molecule is CC(C)[C@H](N)C(=O)NCC(=O)NCCC(C)S(C)=O. The van der Waals surface area contributed by atoms with Gasteiger partial charge >= 0.3 is 0 Å². The fraction of sp³-hybridized carbons (Fsp3) is 0.833. The maximum atomic E-state index is 11.5. The first kappa shape index (κ1) is 18.0. The summed E-state index contributed by atoms with van der Waals surface area (Å²) in [6.45, 7) is 5.92. The van der Waals surface area contributed by atoms with E-state index in [-0.39, 0.29) is 29.5 Å². The van der Waals surface area contributed by atoms with Gasteiger partial charge in [0, 0.05) is 28.9 Å². The van der Waals surface area contributed by atoms with E-state index in [1.54, 1.807) is 6.26 Å². The van der Waals surface area contributed by atoms with Crippen molar-refractivity contribution < 1.29 is 13.8 Å². The summed E-state index contributed by atoms with van der Waals surface area (Å²) < 4.78 is 11.1. The van der Waals surface area contributed by atoms with Crippen molar-refractivity contribution in [1.29, 1.82) is 0 Å². The van der Waals surface area contributed by atoms with E-state index in [0.717, 1.165) is 0 Å². The van der Waals surface area contributed by atoms with E-state index < -0.39 is 16.8 Å². The van der Waals surface area contributed by atoms with Gasteiger partial charge in [-0.1, -0.05) is 20.8 Å². The molecule has 0 saturated heterocycles. The van der Waals surface area contributed by atoms with Crippen molar-refractivity contribution in [2.24, 2.45) is 11.7 Å². The molecule has 112 valence electrons. The van der Waals surface area contributed by atoms with Crippen LogP contribution in [-0.2, 0) is 20.4 Å². The largest absolute Gasteiger partial charge is 0.355 e. The van der Waals surface area contributed by atoms with E-state index in [2.05, 4.69) is 10.6 Å². The summed E-state index contributed by atoms with van der Waals surface area (Å²) in [5, 5.41) is 5.20. The second-order valence-electron chi connectivity index (χ2n) is 4.94. The van der Waals surface area contributed by atoms with Gasteiger partial charge in [0.2, 0.25) is 11.8 Å². The van der Waals surface area contributed by atoms with E-state index in [1.165, 1.54) is 0 Å². The second-order valence-corrected chi connectivity index (χ2v) is 6.74. The molecule has 6 nitrogen and oxygen atoms in total. The van der Waals surface area contributed by atoms with E-state index in [1.807, 2.05) is 20.8 Å². The zero-order chi connectivity index (χ0) is 15.0. The Hall–Kier alpha value is -0.950. The average molecular weight is 291 g/mol. The highest BCUT2D eigenvalue weighted by Gasteiger charge is 2.17. The third-order valence-corrected chi connectivity index (χ3v) is 4.25. The predicted octanol–water partition coefficient (Wildman–Crippen LogP) is -0.641. The molecule has 19 heavy (non-hydrogen) atoms. The topological polar surface area (TPSA) is 101 Å². The lowest BCUT2D eigenvalue weighted by Gasteiger charge is -2.15. The summed E-state index contributed by atoms with van der Waals surface area (Å²) in [5.74, 6) is -0.560. The van der Waals surface area contributed by atoms with Gasteiger partial charge < -0.3 is 16.4 Å². The molecule has 0 fully saturated rings. The number of hydrogen-bond acceptors (Lipinski definition) is 4. The minimum absolute atomic E-state index is 0.0310. The third kappa shape index (κ3) is 7.94. The highest BCUT2D eigenvalue weighted by Crippen LogP contribution is 1.98. The smallest absolute Gasteiger partial charge is 0.239 e. The van der Waals surface area contributed by atoms with Gasteiger partial charge in [0.15, 0.2) is 0 Å². The first-order valence-corrected chi connectivity index (χ1v) is 8.00. The molecule has 0 aromatic rings. The monoisotopic (exact) mass is 291 g/mol. The van der Waals surface area contributed by atoms with Crippen LogP contribution >= 0.6 is 0 Å².